The van der Waals surface area contributed by atoms with E-state index < -0.39 is 30.2 Å². The lowest BCUT2D eigenvalue weighted by Gasteiger charge is -2.16. The van der Waals surface area contributed by atoms with Crippen LogP contribution in [0.15, 0.2) is 54.9 Å². The van der Waals surface area contributed by atoms with E-state index in [0.717, 1.165) is 11.4 Å². The molecule has 0 unspecified atom stereocenters. The first-order valence-corrected chi connectivity index (χ1v) is 19.6. The van der Waals surface area contributed by atoms with Gasteiger partial charge in [-0.05, 0) is 64.4 Å². The van der Waals surface area contributed by atoms with Gasteiger partial charge in [-0.2, -0.15) is 10.2 Å². The number of primary amides is 2. The van der Waals surface area contributed by atoms with Crippen LogP contribution in [0.2, 0.25) is 0 Å². The zero-order valence-electron chi connectivity index (χ0n) is 34.4. The zero-order chi connectivity index (χ0) is 43.5. The number of nitrogens with zero attached hydrogens (tertiary/aromatic N) is 11. The van der Waals surface area contributed by atoms with E-state index in [-0.39, 0.29) is 36.8 Å². The number of benzene rings is 1. The van der Waals surface area contributed by atoms with Crippen LogP contribution < -0.4 is 21.5 Å². The minimum atomic E-state index is -0.667. The zero-order valence-corrected chi connectivity index (χ0v) is 34.4. The molecule has 316 valence electrons. The van der Waals surface area contributed by atoms with Crippen molar-refractivity contribution in [3.05, 3.63) is 83.1 Å². The molecule has 0 saturated carbocycles. The summed E-state index contributed by atoms with van der Waals surface area (Å²) in [5.74, 6) is -1.15. The number of aromatic nitrogens is 10. The maximum Gasteiger partial charge on any atom is 0.276 e. The van der Waals surface area contributed by atoms with Gasteiger partial charge >= 0.3 is 0 Å². The topological polar surface area (TPSA) is 262 Å². The Morgan fingerprint density at radius 2 is 1.54 bits per heavy atom. The maximum atomic E-state index is 13.6. The number of carbonyl (C=O) groups excluding carboxylic acids is 4. The molecule has 6 N–H and O–H groups in total. The summed E-state index contributed by atoms with van der Waals surface area (Å²) in [6.07, 6.45) is 7.29. The number of pyridine rings is 1. The van der Waals surface area contributed by atoms with Crippen molar-refractivity contribution in [2.24, 2.45) is 11.5 Å². The molecule has 4 amide bonds. The number of carbonyl (C=O) groups is 4. The minimum absolute atomic E-state index is 0.165. The number of allylic oxidation sites excluding steroid dienone is 2. The van der Waals surface area contributed by atoms with E-state index >= 15 is 0 Å². The Kier molecular flexibility index (Phi) is 11.9. The fraction of sp³-hybridized carbons (Fsp3) is 0.317. The molecule has 0 atom stereocenters. The van der Waals surface area contributed by atoms with Gasteiger partial charge in [0, 0.05) is 68.5 Å². The Bertz CT molecular complexity index is 2870. The van der Waals surface area contributed by atoms with Gasteiger partial charge in [0.15, 0.2) is 11.5 Å². The van der Waals surface area contributed by atoms with Gasteiger partial charge in [-0.1, -0.05) is 12.2 Å². The molecule has 0 bridgehead atoms. The lowest BCUT2D eigenvalue weighted by Crippen LogP contribution is -2.30. The highest BCUT2D eigenvalue weighted by atomic mass is 16.5. The molecule has 0 saturated heterocycles. The number of nitrogens with one attached hydrogen (secondary N) is 1. The van der Waals surface area contributed by atoms with Crippen molar-refractivity contribution < 1.29 is 29.0 Å². The summed E-state index contributed by atoms with van der Waals surface area (Å²) in [5.41, 5.74) is 16.3. The molecule has 61 heavy (non-hydrogen) atoms. The number of aryl methyl sites for hydroxylation is 4. The number of anilines is 1. The third-order valence-electron chi connectivity index (χ3n) is 10.1. The van der Waals surface area contributed by atoms with Crippen molar-refractivity contribution in [3.63, 3.8) is 0 Å². The lowest BCUT2D eigenvalue weighted by molar-refractivity contribution is -0.132. The van der Waals surface area contributed by atoms with Gasteiger partial charge in [0.1, 0.15) is 34.9 Å². The van der Waals surface area contributed by atoms with Crippen LogP contribution in [0.4, 0.5) is 5.95 Å². The van der Waals surface area contributed by atoms with Gasteiger partial charge in [-0.15, -0.1) is 0 Å². The third-order valence-corrected chi connectivity index (χ3v) is 10.1. The van der Waals surface area contributed by atoms with Crippen LogP contribution >= 0.6 is 0 Å². The number of fused-ring (bicyclic) bond motifs is 4. The average molecular weight is 831 g/mol. The van der Waals surface area contributed by atoms with Crippen LogP contribution in [-0.4, -0.2) is 109 Å². The minimum Gasteiger partial charge on any atom is -0.491 e. The van der Waals surface area contributed by atoms with Crippen LogP contribution in [0.25, 0.3) is 44.6 Å². The van der Waals surface area contributed by atoms with Gasteiger partial charge in [-0.25, -0.2) is 19.9 Å². The second-order valence-electron chi connectivity index (χ2n) is 14.3. The third kappa shape index (κ3) is 8.37. The van der Waals surface area contributed by atoms with E-state index in [1.54, 1.807) is 47.6 Å². The molecule has 20 heteroatoms. The van der Waals surface area contributed by atoms with Crippen molar-refractivity contribution >= 4 is 62.7 Å². The second-order valence-corrected chi connectivity index (χ2v) is 14.3. The Morgan fingerprint density at radius 1 is 0.836 bits per heavy atom. The Morgan fingerprint density at radius 3 is 2.25 bits per heavy atom. The van der Waals surface area contributed by atoms with E-state index in [0.29, 0.717) is 82.1 Å². The van der Waals surface area contributed by atoms with Gasteiger partial charge in [0.25, 0.3) is 5.91 Å². The van der Waals surface area contributed by atoms with Gasteiger partial charge in [-0.3, -0.25) is 38.4 Å². The van der Waals surface area contributed by atoms with Crippen molar-refractivity contribution in [2.45, 2.75) is 60.3 Å². The maximum absolute atomic E-state index is 13.6. The highest BCUT2D eigenvalue weighted by molar-refractivity contribution is 6.12. The fourth-order valence-corrected chi connectivity index (χ4v) is 7.12. The van der Waals surface area contributed by atoms with E-state index in [9.17, 15) is 24.3 Å². The molecule has 0 aliphatic rings. The largest absolute Gasteiger partial charge is 0.491 e. The summed E-state index contributed by atoms with van der Waals surface area (Å²) in [4.78, 5) is 70.4. The molecule has 0 spiro atoms. The molecule has 7 rings (SSSR count). The van der Waals surface area contributed by atoms with Crippen molar-refractivity contribution in [3.8, 4) is 17.3 Å². The van der Waals surface area contributed by atoms with Crippen molar-refractivity contribution in [1.29, 1.82) is 0 Å². The van der Waals surface area contributed by atoms with Crippen LogP contribution in [0.1, 0.15) is 62.9 Å². The first kappa shape index (κ1) is 41.7. The van der Waals surface area contributed by atoms with E-state index in [1.807, 2.05) is 48.2 Å². The molecule has 7 aromatic rings. The lowest BCUT2D eigenvalue weighted by atomic mass is 10.1. The molecule has 0 aliphatic carbocycles. The summed E-state index contributed by atoms with van der Waals surface area (Å²) in [6.45, 7) is 9.01. The Balaban J connectivity index is 1.29. The quantitative estimate of drug-likeness (QED) is 0.0763. The summed E-state index contributed by atoms with van der Waals surface area (Å²) in [7, 11) is 1.59. The Labute approximate surface area is 348 Å². The number of imidazole rings is 1. The van der Waals surface area contributed by atoms with Gasteiger partial charge in [0.2, 0.25) is 23.7 Å². The number of nitrogens with two attached hydrogens (primary N) is 2. The molecule has 6 heterocycles. The average Bonchev–Trinajstić information content (AvgIpc) is 4.00. The number of ether oxygens (including phenoxy) is 1. The summed E-state index contributed by atoms with van der Waals surface area (Å²) < 4.78 is 13.4. The highest BCUT2D eigenvalue weighted by Gasteiger charge is 2.23. The monoisotopic (exact) mass is 830 g/mol. The summed E-state index contributed by atoms with van der Waals surface area (Å²) in [5, 5.41) is 22.4. The predicted molar refractivity (Wildman–Crippen MR) is 226 cm³/mol. The number of hydrogen-bond donors (Lipinski definition) is 4. The van der Waals surface area contributed by atoms with Crippen molar-refractivity contribution in [1.82, 2.24) is 53.5 Å². The van der Waals surface area contributed by atoms with Crippen LogP contribution in [0.5, 0.6) is 5.75 Å². The number of likely N-dealkylation sites (N-methyl/N-ethyl adjacent to an activating group) is 1. The molecule has 0 radical (unpaired) electrons. The fourth-order valence-electron chi connectivity index (χ4n) is 7.12. The van der Waals surface area contributed by atoms with E-state index in [1.165, 1.54) is 17.2 Å². The number of rotatable bonds is 17. The molecule has 1 aromatic carbocycles. The smallest absolute Gasteiger partial charge is 0.276 e. The van der Waals surface area contributed by atoms with E-state index in [4.69, 9.17) is 26.2 Å². The summed E-state index contributed by atoms with van der Waals surface area (Å²) >= 11 is 0. The van der Waals surface area contributed by atoms with Crippen molar-refractivity contribution in [2.75, 3.05) is 32.1 Å². The first-order chi connectivity index (χ1) is 29.3. The molecular formula is C41H46N14O6. The highest BCUT2D eigenvalue weighted by Crippen LogP contribution is 2.36. The first-order valence-electron chi connectivity index (χ1n) is 19.6. The summed E-state index contributed by atoms with van der Waals surface area (Å²) in [6, 6.07) is 8.40. The molecular weight excluding hydrogens is 785 g/mol. The SMILES string of the molecule is CCn1nc(C)cc1C(=O)Nc1nc2cc(C(N)=O)cnc2n1C/C=C/Cn1c2nc(-c3cc(C)nn3CC)ncc2c2cc(C(N)=O)cc(OCCCN(C)C(=O)CO)c21. The normalized spacial score (nSPS) is 11.6. The number of aliphatic hydroxyl groups is 1. The van der Waals surface area contributed by atoms with Gasteiger partial charge < -0.3 is 30.8 Å². The van der Waals surface area contributed by atoms with Crippen LogP contribution in [0.3, 0.4) is 0 Å². The molecule has 0 aliphatic heterocycles. The molecule has 6 aromatic heterocycles. The predicted octanol–water partition coefficient (Wildman–Crippen LogP) is 2.97. The second kappa shape index (κ2) is 17.4. The van der Waals surface area contributed by atoms with Crippen LogP contribution in [-0.2, 0) is 31.0 Å². The molecule has 20 nitrogen and oxygen atoms in total. The number of aliphatic hydroxyl groups excluding tert-OH is 1. The number of amides is 4. The van der Waals surface area contributed by atoms with Gasteiger partial charge in [0.05, 0.1) is 29.1 Å². The molecule has 0 fully saturated rings. The standard InChI is InChI=1S/C41H46N14O6/c1-6-54-30(15-23(3)49-54)37-44-21-28-27-17-25(35(42)58)19-32(61-14-10-11-51(5)33(57)22-56)34(27)52(38(28)47-37)12-8-9-13-53-39-29(18-26(20-45-39)36(43)59)46-41(53)48-40(60)31-16-24(4)50-55(31)7-2/h8-9,15-21,56H,6-7,10-14,22H2,1-5H3,(H2,42,58)(H2,43,59)(H,46,48,60)/b9-8+. The van der Waals surface area contributed by atoms with Crippen LogP contribution in [0, 0.1) is 13.8 Å². The van der Waals surface area contributed by atoms with E-state index in [2.05, 4.69) is 25.5 Å². The Hall–Kier alpha value is -7.48. The number of hydrogen-bond acceptors (Lipinski definition) is 12.